The van der Waals surface area contributed by atoms with Gasteiger partial charge < -0.3 is 13.9 Å². The Labute approximate surface area is 343 Å². The van der Waals surface area contributed by atoms with Crippen molar-refractivity contribution in [2.75, 3.05) is 0 Å². The van der Waals surface area contributed by atoms with Crippen LogP contribution < -0.4 is 16.1 Å². The van der Waals surface area contributed by atoms with Crippen LogP contribution in [0.1, 0.15) is 159 Å². The molecule has 1 saturated heterocycles. The number of allylic oxidation sites excluding steroid dienone is 5. The molecule has 8 aliphatic rings. The van der Waals surface area contributed by atoms with Crippen molar-refractivity contribution >= 4 is 46.3 Å². The minimum absolute atomic E-state index is 0.0476. The van der Waals surface area contributed by atoms with E-state index >= 15 is 0 Å². The van der Waals surface area contributed by atoms with Crippen LogP contribution in [0.25, 0.3) is 34.2 Å². The standard InChI is InChI=1S/C53H69BN2O/c1-30-23-42-46-43(24-30)56-47-34(45-33-15-13-14-16-44(33)57-48(45)56)25-31(49(2,3)4)26-40(47)54(46)39-28-37-38(53(11,12)22-21-52(37,9)10)29-41(39)55(42)32-17-18-35-36(27-32)51(7,8)20-19-50(35,5)6/h15-18,23,25-26,30,32,39,41,43,46H,13-14,19-22,24,27-29H2,1-12H3. The molecular formula is C53H69BN2O. The monoisotopic (exact) mass is 761 g/mol. The first-order chi connectivity index (χ1) is 26.8. The molecule has 0 amide bonds. The molecule has 6 unspecified atom stereocenters. The van der Waals surface area contributed by atoms with Gasteiger partial charge in [-0.15, -0.1) is 0 Å². The van der Waals surface area contributed by atoms with Crippen molar-refractivity contribution in [1.82, 2.24) is 9.47 Å². The zero-order chi connectivity index (χ0) is 39.9. The van der Waals surface area contributed by atoms with Crippen LogP contribution in [0, 0.1) is 27.6 Å². The minimum Gasteiger partial charge on any atom is -0.440 e. The van der Waals surface area contributed by atoms with Crippen molar-refractivity contribution in [3.05, 3.63) is 74.5 Å². The average molecular weight is 761 g/mol. The van der Waals surface area contributed by atoms with Crippen LogP contribution in [0.5, 0.6) is 0 Å². The minimum atomic E-state index is 0.0476. The summed E-state index contributed by atoms with van der Waals surface area (Å²) in [7, 11) is 0. The SMILES string of the molecule is CC1C=C2C3B(c4cc(C(C)(C)C)cc5c6c7c(oc6n(c45)C3C1)=CCCC=7)C1CC3=C(CC1N2C1C=CC2=C(C1)C(C)(C)CCC2(C)C)C(C)(C)CCC3(C)C. The smallest absolute Gasteiger partial charge is 0.209 e. The number of furan rings is 1. The predicted octanol–water partition coefficient (Wildman–Crippen LogP) is 12.1. The van der Waals surface area contributed by atoms with E-state index in [1.54, 1.807) is 22.3 Å². The normalized spacial score (nSPS) is 32.9. The fraction of sp³-hybridized carbons (Fsp3) is 0.623. The van der Waals surface area contributed by atoms with Gasteiger partial charge in [-0.3, -0.25) is 0 Å². The molecule has 300 valence electrons. The summed E-state index contributed by atoms with van der Waals surface area (Å²) >= 11 is 0. The number of nitrogens with zero attached hydrogens (tertiary/aromatic N) is 2. The van der Waals surface area contributed by atoms with Gasteiger partial charge in [0, 0.05) is 39.7 Å². The van der Waals surface area contributed by atoms with E-state index in [1.165, 1.54) is 78.4 Å². The Morgan fingerprint density at radius 1 is 0.772 bits per heavy atom. The van der Waals surface area contributed by atoms with Gasteiger partial charge in [-0.05, 0) is 126 Å². The maximum atomic E-state index is 7.11. The zero-order valence-corrected chi connectivity index (χ0v) is 37.5. The van der Waals surface area contributed by atoms with Crippen molar-refractivity contribution in [3.63, 3.8) is 0 Å². The zero-order valence-electron chi connectivity index (χ0n) is 37.5. The summed E-state index contributed by atoms with van der Waals surface area (Å²) in [5.41, 5.74) is 16.6. The number of benzene rings is 1. The molecule has 6 atom stereocenters. The Morgan fingerprint density at radius 2 is 1.44 bits per heavy atom. The molecule has 57 heavy (non-hydrogen) atoms. The Kier molecular flexibility index (Phi) is 7.49. The Bertz CT molecular complexity index is 2530. The molecule has 0 N–H and O–H groups in total. The number of rotatable bonds is 1. The van der Waals surface area contributed by atoms with E-state index in [2.05, 4.69) is 135 Å². The van der Waals surface area contributed by atoms with Crippen molar-refractivity contribution < 1.29 is 4.42 Å². The van der Waals surface area contributed by atoms with Crippen LogP contribution in [0.3, 0.4) is 0 Å². The van der Waals surface area contributed by atoms with Gasteiger partial charge in [-0.1, -0.05) is 136 Å². The molecule has 2 aromatic heterocycles. The summed E-state index contributed by atoms with van der Waals surface area (Å²) in [6.07, 6.45) is 25.1. The van der Waals surface area contributed by atoms with Gasteiger partial charge in [-0.2, -0.15) is 0 Å². The average Bonchev–Trinajstić information content (AvgIpc) is 3.68. The van der Waals surface area contributed by atoms with Crippen molar-refractivity contribution in [3.8, 4) is 0 Å². The third-order valence-corrected chi connectivity index (χ3v) is 17.8. The molecule has 6 aliphatic carbocycles. The number of hydrogen-bond donors (Lipinski definition) is 0. The van der Waals surface area contributed by atoms with Crippen LogP contribution in [-0.4, -0.2) is 28.3 Å². The third kappa shape index (κ3) is 5.03. The van der Waals surface area contributed by atoms with Crippen LogP contribution in [0.2, 0.25) is 11.6 Å². The Morgan fingerprint density at radius 3 is 2.16 bits per heavy atom. The van der Waals surface area contributed by atoms with Crippen LogP contribution in [0.4, 0.5) is 0 Å². The van der Waals surface area contributed by atoms with E-state index in [0.29, 0.717) is 42.4 Å². The second-order valence-corrected chi connectivity index (χ2v) is 24.1. The van der Waals surface area contributed by atoms with E-state index in [9.17, 15) is 0 Å². The first-order valence-corrected chi connectivity index (χ1v) is 23.2. The van der Waals surface area contributed by atoms with Gasteiger partial charge in [0.2, 0.25) is 5.71 Å². The summed E-state index contributed by atoms with van der Waals surface area (Å²) < 4.78 is 9.90. The predicted molar refractivity (Wildman–Crippen MR) is 242 cm³/mol. The lowest BCUT2D eigenvalue weighted by atomic mass is 9.23. The molecule has 11 rings (SSSR count). The van der Waals surface area contributed by atoms with E-state index in [0.717, 1.165) is 24.0 Å². The highest BCUT2D eigenvalue weighted by Gasteiger charge is 2.60. The van der Waals surface area contributed by atoms with Gasteiger partial charge in [0.05, 0.1) is 11.4 Å². The lowest BCUT2D eigenvalue weighted by molar-refractivity contribution is 0.124. The van der Waals surface area contributed by atoms with Gasteiger partial charge in [0.25, 0.3) is 0 Å². The van der Waals surface area contributed by atoms with E-state index in [1.807, 2.05) is 11.1 Å². The molecule has 0 saturated carbocycles. The van der Waals surface area contributed by atoms with Gasteiger partial charge in [0.15, 0.2) is 6.71 Å². The molecule has 3 aromatic rings. The fourth-order valence-electron chi connectivity index (χ4n) is 14.4. The van der Waals surface area contributed by atoms with Gasteiger partial charge in [0.1, 0.15) is 5.42 Å². The molecule has 2 aliphatic heterocycles. The van der Waals surface area contributed by atoms with Crippen molar-refractivity contribution in [2.24, 2.45) is 27.6 Å². The molecule has 3 nitrogen and oxygen atoms in total. The summed E-state index contributed by atoms with van der Waals surface area (Å²) in [4.78, 5) is 3.12. The van der Waals surface area contributed by atoms with Gasteiger partial charge in [-0.25, -0.2) is 0 Å². The molecule has 0 spiro atoms. The number of fused-ring (bicyclic) bond motifs is 9. The maximum Gasteiger partial charge on any atom is 0.209 e. The lowest BCUT2D eigenvalue weighted by Crippen LogP contribution is -2.64. The molecule has 0 radical (unpaired) electrons. The molecule has 1 fully saturated rings. The van der Waals surface area contributed by atoms with Gasteiger partial charge >= 0.3 is 0 Å². The van der Waals surface area contributed by atoms with Crippen LogP contribution in [0.15, 0.2) is 62.8 Å². The van der Waals surface area contributed by atoms with Crippen LogP contribution >= 0.6 is 0 Å². The first-order valence-electron chi connectivity index (χ1n) is 23.2. The summed E-state index contributed by atoms with van der Waals surface area (Å²) in [6, 6.07) is 6.56. The highest BCUT2D eigenvalue weighted by molar-refractivity contribution is 6.79. The summed E-state index contributed by atoms with van der Waals surface area (Å²) in [5, 5.41) is 4.20. The second kappa shape index (κ2) is 11.6. The van der Waals surface area contributed by atoms with Crippen molar-refractivity contribution in [1.29, 1.82) is 0 Å². The highest BCUT2D eigenvalue weighted by atomic mass is 16.3. The third-order valence-electron chi connectivity index (χ3n) is 17.8. The Hall–Kier alpha value is -3.14. The van der Waals surface area contributed by atoms with Crippen LogP contribution in [-0.2, 0) is 5.41 Å². The molecule has 1 aromatic carbocycles. The summed E-state index contributed by atoms with van der Waals surface area (Å²) in [6.45, 7) is 30.8. The second-order valence-electron chi connectivity index (χ2n) is 24.1. The first kappa shape index (κ1) is 36.9. The van der Waals surface area contributed by atoms with E-state index < -0.39 is 0 Å². The molecule has 4 heteroatoms. The lowest BCUT2D eigenvalue weighted by Gasteiger charge is -2.62. The number of aromatic nitrogens is 1. The van der Waals surface area contributed by atoms with E-state index in [4.69, 9.17) is 4.42 Å². The Balaban J connectivity index is 1.19. The topological polar surface area (TPSA) is 21.3 Å². The maximum absolute atomic E-state index is 7.11. The van der Waals surface area contributed by atoms with Crippen molar-refractivity contribution in [2.45, 2.75) is 182 Å². The number of hydrogen-bond acceptors (Lipinski definition) is 2. The fourth-order valence-corrected chi connectivity index (χ4v) is 14.4. The summed E-state index contributed by atoms with van der Waals surface area (Å²) in [5.74, 6) is 1.50. The van der Waals surface area contributed by atoms with E-state index in [-0.39, 0.29) is 27.1 Å². The molecule has 4 heterocycles. The quantitative estimate of drug-likeness (QED) is 0.182. The molecular weight excluding hydrogens is 691 g/mol. The highest BCUT2D eigenvalue weighted by Crippen LogP contribution is 2.64. The molecule has 0 bridgehead atoms. The largest absolute Gasteiger partial charge is 0.440 e.